The van der Waals surface area contributed by atoms with Crippen LogP contribution in [0.15, 0.2) is 36.9 Å². The Morgan fingerprint density at radius 1 is 1.15 bits per heavy atom. The number of nitriles is 1. The van der Waals surface area contributed by atoms with Crippen molar-refractivity contribution >= 4 is 11.7 Å². The normalized spacial score (nSPS) is 23.0. The van der Waals surface area contributed by atoms with E-state index in [0.29, 0.717) is 38.3 Å². The second-order valence-corrected chi connectivity index (χ2v) is 11.3. The van der Waals surface area contributed by atoms with Crippen LogP contribution in [0.2, 0.25) is 0 Å². The van der Waals surface area contributed by atoms with Crippen molar-refractivity contribution in [3.05, 3.63) is 59.3 Å². The summed E-state index contributed by atoms with van der Waals surface area (Å²) in [5, 5.41) is 9.49. The van der Waals surface area contributed by atoms with Crippen molar-refractivity contribution in [1.29, 1.82) is 5.26 Å². The topological polar surface area (TPSA) is 98.1 Å². The van der Waals surface area contributed by atoms with Gasteiger partial charge in [-0.05, 0) is 30.0 Å². The van der Waals surface area contributed by atoms with Crippen LogP contribution in [0, 0.1) is 11.3 Å². The van der Waals surface area contributed by atoms with Gasteiger partial charge in [-0.25, -0.2) is 0 Å². The van der Waals surface area contributed by atoms with Gasteiger partial charge < -0.3 is 19.3 Å². The van der Waals surface area contributed by atoms with Crippen molar-refractivity contribution in [2.75, 3.05) is 64.0 Å². The molecule has 0 saturated carbocycles. The Morgan fingerprint density at radius 2 is 1.93 bits per heavy atom. The third-order valence-corrected chi connectivity index (χ3v) is 8.90. The number of nitrogens with zero attached hydrogens (tertiary/aromatic N) is 7. The fraction of sp³-hybridized carbons (Fsp3) is 0.548. The maximum Gasteiger partial charge on any atom is 0.318 e. The molecule has 10 heteroatoms. The van der Waals surface area contributed by atoms with Crippen molar-refractivity contribution in [2.45, 2.75) is 50.9 Å². The molecule has 3 aliphatic heterocycles. The fourth-order valence-corrected chi connectivity index (χ4v) is 6.64. The number of benzene rings is 1. The first-order valence-corrected chi connectivity index (χ1v) is 14.8. The number of hydrogen-bond donors (Lipinski definition) is 0. The van der Waals surface area contributed by atoms with Gasteiger partial charge in [-0.3, -0.25) is 14.6 Å². The molecule has 1 unspecified atom stereocenters. The van der Waals surface area contributed by atoms with Gasteiger partial charge in [-0.15, -0.1) is 0 Å². The summed E-state index contributed by atoms with van der Waals surface area (Å²) in [5.74, 6) is 0.768. The summed E-state index contributed by atoms with van der Waals surface area (Å²) in [7, 11) is 0. The SMILES string of the molecule is C=CC(=O)N1CCN(c2nc(OCCN3CCOCC3)nc3c2CCC(N2Cc4ccccc4C2)C3)C[C@@H]1CC#N. The molecule has 1 aromatic heterocycles. The molecule has 1 aromatic carbocycles. The van der Waals surface area contributed by atoms with Crippen LogP contribution in [0.25, 0.3) is 0 Å². The Bertz CT molecular complexity index is 1280. The molecule has 1 amide bonds. The predicted molar refractivity (Wildman–Crippen MR) is 154 cm³/mol. The molecule has 10 nitrogen and oxygen atoms in total. The number of piperazine rings is 1. The Morgan fingerprint density at radius 3 is 2.66 bits per heavy atom. The number of amides is 1. The number of morpholine rings is 1. The standard InChI is InChI=1S/C31H39N7O3/c1-2-29(39)38-12-11-36(22-26(38)9-10-32)30-27-8-7-25(37-20-23-5-3-4-6-24(23)21-37)19-28(27)33-31(34-30)41-18-15-35-13-16-40-17-14-35/h2-6,25-26H,1,7-9,11-22H2/t25?,26-/m0/s1. The molecule has 0 N–H and O–H groups in total. The Kier molecular flexibility index (Phi) is 8.46. The lowest BCUT2D eigenvalue weighted by atomic mass is 9.90. The first-order valence-electron chi connectivity index (χ1n) is 14.8. The van der Waals surface area contributed by atoms with Crippen LogP contribution in [-0.2, 0) is 35.5 Å². The Hall–Kier alpha value is -3.52. The smallest absolute Gasteiger partial charge is 0.318 e. The molecule has 2 aromatic rings. The zero-order valence-electron chi connectivity index (χ0n) is 23.7. The van der Waals surface area contributed by atoms with E-state index in [1.54, 1.807) is 4.90 Å². The molecule has 2 atom stereocenters. The van der Waals surface area contributed by atoms with E-state index in [1.165, 1.54) is 22.8 Å². The highest BCUT2D eigenvalue weighted by molar-refractivity contribution is 5.87. The average Bonchev–Trinajstić information content (AvgIpc) is 3.45. The van der Waals surface area contributed by atoms with E-state index >= 15 is 0 Å². The van der Waals surface area contributed by atoms with Crippen LogP contribution < -0.4 is 9.64 Å². The number of carbonyl (C=O) groups excluding carboxylic acids is 1. The lowest BCUT2D eigenvalue weighted by molar-refractivity contribution is -0.128. The number of carbonyl (C=O) groups is 1. The number of ether oxygens (including phenoxy) is 2. The minimum Gasteiger partial charge on any atom is -0.462 e. The second kappa shape index (κ2) is 12.6. The zero-order chi connectivity index (χ0) is 28.2. The van der Waals surface area contributed by atoms with Gasteiger partial charge in [0.15, 0.2) is 0 Å². The summed E-state index contributed by atoms with van der Waals surface area (Å²) in [5.41, 5.74) is 5.08. The van der Waals surface area contributed by atoms with Gasteiger partial charge in [0.1, 0.15) is 12.4 Å². The minimum atomic E-state index is -0.213. The van der Waals surface area contributed by atoms with E-state index < -0.39 is 0 Å². The van der Waals surface area contributed by atoms with Crippen molar-refractivity contribution in [2.24, 2.45) is 0 Å². The average molecular weight is 558 g/mol. The zero-order valence-corrected chi connectivity index (χ0v) is 23.7. The molecule has 41 heavy (non-hydrogen) atoms. The number of aromatic nitrogens is 2. The summed E-state index contributed by atoms with van der Waals surface area (Å²) in [6, 6.07) is 11.6. The molecule has 4 heterocycles. The molecule has 6 rings (SSSR count). The second-order valence-electron chi connectivity index (χ2n) is 11.3. The molecule has 4 aliphatic rings. The number of hydrogen-bond acceptors (Lipinski definition) is 9. The largest absolute Gasteiger partial charge is 0.462 e. The van der Waals surface area contributed by atoms with E-state index in [2.05, 4.69) is 51.6 Å². The first-order chi connectivity index (χ1) is 20.1. The molecule has 2 fully saturated rings. The van der Waals surface area contributed by atoms with Crippen molar-refractivity contribution < 1.29 is 14.3 Å². The lowest BCUT2D eigenvalue weighted by Gasteiger charge is -2.42. The van der Waals surface area contributed by atoms with Crippen LogP contribution >= 0.6 is 0 Å². The van der Waals surface area contributed by atoms with E-state index in [0.717, 1.165) is 76.7 Å². The highest BCUT2D eigenvalue weighted by atomic mass is 16.5. The molecular weight excluding hydrogens is 518 g/mol. The molecule has 0 bridgehead atoms. The Labute approximate surface area is 242 Å². The summed E-state index contributed by atoms with van der Waals surface area (Å²) < 4.78 is 11.7. The van der Waals surface area contributed by atoms with Crippen molar-refractivity contribution in [3.63, 3.8) is 0 Å². The van der Waals surface area contributed by atoms with Gasteiger partial charge in [0, 0.05) is 70.4 Å². The molecule has 0 spiro atoms. The van der Waals surface area contributed by atoms with E-state index in [4.69, 9.17) is 19.4 Å². The first kappa shape index (κ1) is 27.6. The molecule has 216 valence electrons. The van der Waals surface area contributed by atoms with Crippen LogP contribution in [0.5, 0.6) is 6.01 Å². The van der Waals surface area contributed by atoms with Gasteiger partial charge in [0.2, 0.25) is 5.91 Å². The van der Waals surface area contributed by atoms with Gasteiger partial charge >= 0.3 is 6.01 Å². The molecular formula is C31H39N7O3. The van der Waals surface area contributed by atoms with E-state index in [-0.39, 0.29) is 18.4 Å². The van der Waals surface area contributed by atoms with Crippen LogP contribution in [0.1, 0.15) is 35.2 Å². The quantitative estimate of drug-likeness (QED) is 0.453. The summed E-state index contributed by atoms with van der Waals surface area (Å²) >= 11 is 0. The minimum absolute atomic E-state index is 0.129. The number of rotatable bonds is 8. The third-order valence-electron chi connectivity index (χ3n) is 8.90. The van der Waals surface area contributed by atoms with Crippen molar-refractivity contribution in [1.82, 2.24) is 24.7 Å². The molecule has 0 radical (unpaired) electrons. The predicted octanol–water partition coefficient (Wildman–Crippen LogP) is 2.18. The highest BCUT2D eigenvalue weighted by Gasteiger charge is 2.35. The highest BCUT2D eigenvalue weighted by Crippen LogP contribution is 2.35. The summed E-state index contributed by atoms with van der Waals surface area (Å²) in [6.07, 6.45) is 4.40. The van der Waals surface area contributed by atoms with Gasteiger partial charge in [-0.2, -0.15) is 15.2 Å². The van der Waals surface area contributed by atoms with E-state index in [9.17, 15) is 10.1 Å². The maximum absolute atomic E-state index is 12.5. The lowest BCUT2D eigenvalue weighted by Crippen LogP contribution is -2.55. The maximum atomic E-state index is 12.5. The third kappa shape index (κ3) is 6.08. The molecule has 1 aliphatic carbocycles. The molecule has 2 saturated heterocycles. The number of anilines is 1. The summed E-state index contributed by atoms with van der Waals surface area (Å²) in [6.45, 7) is 12.0. The van der Waals surface area contributed by atoms with Crippen LogP contribution in [0.3, 0.4) is 0 Å². The van der Waals surface area contributed by atoms with Crippen LogP contribution in [0.4, 0.5) is 5.82 Å². The van der Waals surface area contributed by atoms with Gasteiger partial charge in [-0.1, -0.05) is 30.8 Å². The van der Waals surface area contributed by atoms with Gasteiger partial charge in [0.25, 0.3) is 0 Å². The Balaban J connectivity index is 1.23. The van der Waals surface area contributed by atoms with Crippen LogP contribution in [-0.4, -0.2) is 102 Å². The van der Waals surface area contributed by atoms with Gasteiger partial charge in [0.05, 0.1) is 37.4 Å². The fourth-order valence-electron chi connectivity index (χ4n) is 6.64. The monoisotopic (exact) mass is 557 g/mol. The summed E-state index contributed by atoms with van der Waals surface area (Å²) in [4.78, 5) is 31.3. The number of fused-ring (bicyclic) bond motifs is 2. The van der Waals surface area contributed by atoms with Crippen molar-refractivity contribution in [3.8, 4) is 12.1 Å². The van der Waals surface area contributed by atoms with E-state index in [1.807, 2.05) is 0 Å².